The molecule has 1 rings (SSSR count). The summed E-state index contributed by atoms with van der Waals surface area (Å²) in [4.78, 5) is 2.52. The van der Waals surface area contributed by atoms with Crippen LogP contribution in [-0.4, -0.2) is 36.2 Å². The van der Waals surface area contributed by atoms with Gasteiger partial charge in [-0.2, -0.15) is 0 Å². The molecule has 0 aromatic carbocycles. The summed E-state index contributed by atoms with van der Waals surface area (Å²) in [7, 11) is 0. The van der Waals surface area contributed by atoms with Crippen LogP contribution in [0.1, 0.15) is 32.6 Å². The van der Waals surface area contributed by atoms with Gasteiger partial charge in [0.1, 0.15) is 0 Å². The van der Waals surface area contributed by atoms with Crippen molar-refractivity contribution >= 4 is 0 Å². The summed E-state index contributed by atoms with van der Waals surface area (Å²) in [6.07, 6.45) is 9.05. The van der Waals surface area contributed by atoms with Gasteiger partial charge >= 0.3 is 0 Å². The molecule has 0 amide bonds. The van der Waals surface area contributed by atoms with Crippen molar-refractivity contribution in [2.45, 2.75) is 32.6 Å². The lowest BCUT2D eigenvalue weighted by Gasteiger charge is -2.30. The normalized spacial score (nSPS) is 20.7. The number of aliphatic hydroxyl groups is 1. The molecule has 0 saturated carbocycles. The fraction of sp³-hybridized carbons (Fsp3) is 0.833. The van der Waals surface area contributed by atoms with E-state index in [0.29, 0.717) is 0 Å². The summed E-state index contributed by atoms with van der Waals surface area (Å²) < 4.78 is 0. The topological polar surface area (TPSA) is 23.5 Å². The van der Waals surface area contributed by atoms with Gasteiger partial charge in [0, 0.05) is 6.61 Å². The maximum atomic E-state index is 8.61. The van der Waals surface area contributed by atoms with Crippen LogP contribution in [0.4, 0.5) is 0 Å². The van der Waals surface area contributed by atoms with Crippen molar-refractivity contribution in [1.29, 1.82) is 0 Å². The highest BCUT2D eigenvalue weighted by atomic mass is 16.2. The third kappa shape index (κ3) is 4.25. The van der Waals surface area contributed by atoms with Gasteiger partial charge in [0.2, 0.25) is 0 Å². The van der Waals surface area contributed by atoms with E-state index in [-0.39, 0.29) is 6.61 Å². The molecule has 0 bridgehead atoms. The highest BCUT2D eigenvalue weighted by molar-refractivity contribution is 4.85. The minimum Gasteiger partial charge on any atom is -0.396 e. The Morgan fingerprint density at radius 2 is 2.00 bits per heavy atom. The van der Waals surface area contributed by atoms with Crippen LogP contribution in [-0.2, 0) is 0 Å². The summed E-state index contributed by atoms with van der Waals surface area (Å²) in [5, 5.41) is 8.61. The fourth-order valence-corrected chi connectivity index (χ4v) is 2.02. The Hall–Kier alpha value is -0.340. The van der Waals surface area contributed by atoms with Crippen LogP contribution in [0.2, 0.25) is 0 Å². The average Bonchev–Trinajstić information content (AvgIpc) is 2.25. The van der Waals surface area contributed by atoms with Crippen molar-refractivity contribution in [3.05, 3.63) is 12.2 Å². The molecular weight excluding hydrogens is 174 g/mol. The monoisotopic (exact) mass is 197 g/mol. The number of hydrogen-bond donors (Lipinski definition) is 1. The molecule has 0 aromatic heterocycles. The molecule has 82 valence electrons. The lowest BCUT2D eigenvalue weighted by atomic mass is 9.93. The van der Waals surface area contributed by atoms with Crippen LogP contribution in [0.3, 0.4) is 0 Å². The van der Waals surface area contributed by atoms with Crippen LogP contribution in [0.5, 0.6) is 0 Å². The molecule has 2 heteroatoms. The van der Waals surface area contributed by atoms with Crippen LogP contribution in [0.15, 0.2) is 12.2 Å². The number of rotatable bonds is 5. The first kappa shape index (κ1) is 11.7. The minimum atomic E-state index is 0.283. The fourth-order valence-electron chi connectivity index (χ4n) is 2.02. The number of hydrogen-bond acceptors (Lipinski definition) is 2. The van der Waals surface area contributed by atoms with Crippen molar-refractivity contribution in [2.75, 3.05) is 26.2 Å². The van der Waals surface area contributed by atoms with Gasteiger partial charge in [-0.25, -0.2) is 0 Å². The van der Waals surface area contributed by atoms with Gasteiger partial charge < -0.3 is 10.0 Å². The van der Waals surface area contributed by atoms with E-state index in [9.17, 15) is 0 Å². The van der Waals surface area contributed by atoms with Gasteiger partial charge in [0.25, 0.3) is 0 Å². The van der Waals surface area contributed by atoms with Gasteiger partial charge in [-0.05, 0) is 51.2 Å². The van der Waals surface area contributed by atoms with E-state index in [1.165, 1.54) is 38.9 Å². The van der Waals surface area contributed by atoms with Gasteiger partial charge in [0.15, 0.2) is 0 Å². The van der Waals surface area contributed by atoms with E-state index in [1.54, 1.807) is 0 Å². The second-order valence-corrected chi connectivity index (χ2v) is 4.10. The summed E-state index contributed by atoms with van der Waals surface area (Å²) >= 11 is 0. The summed E-state index contributed by atoms with van der Waals surface area (Å²) in [5.74, 6) is 0.882. The number of nitrogens with zero attached hydrogens (tertiary/aromatic N) is 1. The van der Waals surface area contributed by atoms with Crippen molar-refractivity contribution < 1.29 is 5.11 Å². The molecular formula is C12H23NO. The number of allylic oxidation sites excluding steroid dienone is 1. The maximum absolute atomic E-state index is 8.61. The molecule has 1 aliphatic heterocycles. The molecule has 1 heterocycles. The Bertz CT molecular complexity index is 160. The van der Waals surface area contributed by atoms with Crippen molar-refractivity contribution in [3.63, 3.8) is 0 Å². The van der Waals surface area contributed by atoms with E-state index >= 15 is 0 Å². The molecule has 1 saturated heterocycles. The Morgan fingerprint density at radius 1 is 1.29 bits per heavy atom. The molecule has 0 aromatic rings. The van der Waals surface area contributed by atoms with Crippen molar-refractivity contribution in [2.24, 2.45) is 5.92 Å². The average molecular weight is 197 g/mol. The third-order valence-corrected chi connectivity index (χ3v) is 3.09. The zero-order valence-electron chi connectivity index (χ0n) is 9.28. The van der Waals surface area contributed by atoms with Crippen molar-refractivity contribution in [1.82, 2.24) is 4.90 Å². The Labute approximate surface area is 87.6 Å². The van der Waals surface area contributed by atoms with Gasteiger partial charge in [0.05, 0.1) is 0 Å². The Morgan fingerprint density at radius 3 is 2.57 bits per heavy atom. The predicted molar refractivity (Wildman–Crippen MR) is 60.3 cm³/mol. The lowest BCUT2D eigenvalue weighted by Crippen LogP contribution is -2.33. The minimum absolute atomic E-state index is 0.283. The van der Waals surface area contributed by atoms with Crippen LogP contribution in [0, 0.1) is 5.92 Å². The molecule has 2 nitrogen and oxygen atoms in total. The van der Waals surface area contributed by atoms with E-state index < -0.39 is 0 Å². The van der Waals surface area contributed by atoms with Crippen LogP contribution >= 0.6 is 0 Å². The lowest BCUT2D eigenvalue weighted by molar-refractivity contribution is 0.193. The highest BCUT2D eigenvalue weighted by Gasteiger charge is 2.16. The van der Waals surface area contributed by atoms with E-state index in [4.69, 9.17) is 5.11 Å². The summed E-state index contributed by atoms with van der Waals surface area (Å²) in [6.45, 7) is 6.27. The van der Waals surface area contributed by atoms with E-state index in [1.807, 2.05) is 0 Å². The first-order valence-corrected chi connectivity index (χ1v) is 5.85. The van der Waals surface area contributed by atoms with Crippen LogP contribution in [0.25, 0.3) is 0 Å². The highest BCUT2D eigenvalue weighted by Crippen LogP contribution is 2.20. The van der Waals surface area contributed by atoms with Gasteiger partial charge in [-0.15, -0.1) is 0 Å². The summed E-state index contributed by atoms with van der Waals surface area (Å²) in [6, 6.07) is 0. The Balaban J connectivity index is 2.09. The van der Waals surface area contributed by atoms with Gasteiger partial charge in [-0.1, -0.05) is 19.1 Å². The molecule has 0 atom stereocenters. The molecule has 1 aliphatic rings. The van der Waals surface area contributed by atoms with Gasteiger partial charge in [-0.3, -0.25) is 0 Å². The first-order chi connectivity index (χ1) is 6.86. The molecule has 1 N–H and O–H groups in total. The molecule has 0 aliphatic carbocycles. The number of likely N-dealkylation sites (tertiary alicyclic amines) is 1. The smallest absolute Gasteiger partial charge is 0.0465 e. The molecule has 0 unspecified atom stereocenters. The van der Waals surface area contributed by atoms with Crippen molar-refractivity contribution in [3.8, 4) is 0 Å². The molecule has 0 radical (unpaired) electrons. The second kappa shape index (κ2) is 7.02. The molecule has 0 spiro atoms. The SMILES string of the molecule is CCN1CCC(C/C=C\CCO)CC1. The quantitative estimate of drug-likeness (QED) is 0.682. The second-order valence-electron chi connectivity index (χ2n) is 4.10. The zero-order valence-corrected chi connectivity index (χ0v) is 9.28. The predicted octanol–water partition coefficient (Wildman–Crippen LogP) is 2.05. The first-order valence-electron chi connectivity index (χ1n) is 5.85. The van der Waals surface area contributed by atoms with E-state index in [2.05, 4.69) is 24.0 Å². The maximum Gasteiger partial charge on any atom is 0.0465 e. The van der Waals surface area contributed by atoms with Crippen LogP contribution < -0.4 is 0 Å². The number of aliphatic hydroxyl groups excluding tert-OH is 1. The molecule has 1 fully saturated rings. The molecule has 14 heavy (non-hydrogen) atoms. The zero-order chi connectivity index (χ0) is 10.2. The standard InChI is InChI=1S/C12H23NO/c1-2-13-9-7-12(8-10-13)6-4-3-5-11-14/h3-4,12,14H,2,5-11H2,1H3/b4-3-. The summed E-state index contributed by atoms with van der Waals surface area (Å²) in [5.41, 5.74) is 0. The van der Waals surface area contributed by atoms with E-state index in [0.717, 1.165) is 12.3 Å². The number of piperidine rings is 1. The third-order valence-electron chi connectivity index (χ3n) is 3.09. The largest absolute Gasteiger partial charge is 0.396 e. The Kier molecular flexibility index (Phi) is 5.88.